The SMILES string of the molecule is C=C(O[Si](C)(C)C)[C@]1(C)[C@@H]2CC=C(C)[C@H]1C2. The maximum absolute atomic E-state index is 6.15. The summed E-state index contributed by atoms with van der Waals surface area (Å²) in [6, 6.07) is 0. The smallest absolute Gasteiger partial charge is 0.241 e. The summed E-state index contributed by atoms with van der Waals surface area (Å²) >= 11 is 0. The Bertz CT molecular complexity index is 350. The van der Waals surface area contributed by atoms with Crippen molar-refractivity contribution >= 4 is 8.32 Å². The lowest BCUT2D eigenvalue weighted by Crippen LogP contribution is -2.52. The first-order chi connectivity index (χ1) is 7.25. The topological polar surface area (TPSA) is 9.23 Å². The van der Waals surface area contributed by atoms with Gasteiger partial charge >= 0.3 is 0 Å². The monoisotopic (exact) mass is 236 g/mol. The molecule has 0 aromatic carbocycles. The van der Waals surface area contributed by atoms with Crippen LogP contribution >= 0.6 is 0 Å². The van der Waals surface area contributed by atoms with Crippen LogP contribution in [0.5, 0.6) is 0 Å². The first kappa shape index (κ1) is 12.0. The molecule has 1 fully saturated rings. The van der Waals surface area contributed by atoms with Gasteiger partial charge in [-0.2, -0.15) is 0 Å². The average molecular weight is 236 g/mol. The summed E-state index contributed by atoms with van der Waals surface area (Å²) in [5, 5.41) is 0. The highest BCUT2D eigenvalue weighted by molar-refractivity contribution is 6.70. The normalized spacial score (nSPS) is 37.4. The van der Waals surface area contributed by atoms with Gasteiger partial charge in [0, 0.05) is 5.41 Å². The minimum atomic E-state index is -1.50. The third-order valence-corrected chi connectivity index (χ3v) is 5.26. The van der Waals surface area contributed by atoms with E-state index in [4.69, 9.17) is 4.43 Å². The fourth-order valence-electron chi connectivity index (χ4n) is 3.27. The maximum Gasteiger partial charge on any atom is 0.241 e. The Kier molecular flexibility index (Phi) is 2.61. The highest BCUT2D eigenvalue weighted by Crippen LogP contribution is 2.62. The third kappa shape index (κ3) is 1.67. The van der Waals surface area contributed by atoms with Gasteiger partial charge in [0.15, 0.2) is 0 Å². The van der Waals surface area contributed by atoms with E-state index in [0.717, 1.165) is 11.7 Å². The Morgan fingerprint density at radius 2 is 2.12 bits per heavy atom. The molecule has 0 spiro atoms. The summed E-state index contributed by atoms with van der Waals surface area (Å²) in [6.07, 6.45) is 4.96. The highest BCUT2D eigenvalue weighted by Gasteiger charge is 2.56. The third-order valence-electron chi connectivity index (χ3n) is 4.40. The van der Waals surface area contributed by atoms with E-state index in [9.17, 15) is 0 Å². The summed E-state index contributed by atoms with van der Waals surface area (Å²) in [4.78, 5) is 0. The van der Waals surface area contributed by atoms with Crippen molar-refractivity contribution in [2.24, 2.45) is 17.3 Å². The Morgan fingerprint density at radius 1 is 1.50 bits per heavy atom. The fourth-order valence-corrected chi connectivity index (χ4v) is 4.23. The van der Waals surface area contributed by atoms with E-state index >= 15 is 0 Å². The van der Waals surface area contributed by atoms with Crippen molar-refractivity contribution in [2.75, 3.05) is 0 Å². The zero-order chi connectivity index (χ0) is 12.1. The van der Waals surface area contributed by atoms with Gasteiger partial charge in [-0.1, -0.05) is 25.2 Å². The lowest BCUT2D eigenvalue weighted by molar-refractivity contribution is -0.0190. The van der Waals surface area contributed by atoms with Crippen LogP contribution in [-0.2, 0) is 4.43 Å². The van der Waals surface area contributed by atoms with Gasteiger partial charge in [0.25, 0.3) is 0 Å². The summed E-state index contributed by atoms with van der Waals surface area (Å²) in [5.74, 6) is 2.51. The molecule has 0 amide bonds. The molecular formula is C14H24OSi. The summed E-state index contributed by atoms with van der Waals surface area (Å²) in [5.41, 5.74) is 1.77. The van der Waals surface area contributed by atoms with Gasteiger partial charge in [-0.05, 0) is 51.2 Å². The average Bonchev–Trinajstić information content (AvgIpc) is 2.13. The first-order valence-corrected chi connectivity index (χ1v) is 9.71. The molecule has 3 aliphatic carbocycles. The first-order valence-electron chi connectivity index (χ1n) is 6.30. The van der Waals surface area contributed by atoms with Gasteiger partial charge in [-0.15, -0.1) is 0 Å². The van der Waals surface area contributed by atoms with Crippen LogP contribution in [0.3, 0.4) is 0 Å². The summed E-state index contributed by atoms with van der Waals surface area (Å²) in [7, 11) is -1.50. The molecule has 0 saturated heterocycles. The van der Waals surface area contributed by atoms with Crippen molar-refractivity contribution in [1.82, 2.24) is 0 Å². The van der Waals surface area contributed by atoms with Crippen LogP contribution in [0, 0.1) is 17.3 Å². The molecule has 2 heteroatoms. The van der Waals surface area contributed by atoms with Crippen LogP contribution in [0.25, 0.3) is 0 Å². The van der Waals surface area contributed by atoms with Crippen molar-refractivity contribution in [3.05, 3.63) is 24.0 Å². The van der Waals surface area contributed by atoms with Crippen LogP contribution < -0.4 is 0 Å². The number of hydrogen-bond donors (Lipinski definition) is 0. The molecule has 0 N–H and O–H groups in total. The molecule has 0 unspecified atom stereocenters. The van der Waals surface area contributed by atoms with Crippen LogP contribution in [0.4, 0.5) is 0 Å². The van der Waals surface area contributed by atoms with Crippen molar-refractivity contribution in [3.63, 3.8) is 0 Å². The standard InChI is InChI=1S/C14H24OSi/c1-10-7-8-12-9-13(10)14(12,3)11(2)15-16(4,5)6/h7,12-13H,2,8-9H2,1,3-6H3/t12-,13-,14-/m1/s1. The molecule has 0 aromatic rings. The molecule has 0 heterocycles. The molecular weight excluding hydrogens is 212 g/mol. The molecule has 1 saturated carbocycles. The number of hydrogen-bond acceptors (Lipinski definition) is 1. The second-order valence-electron chi connectivity index (χ2n) is 6.59. The van der Waals surface area contributed by atoms with Crippen molar-refractivity contribution < 1.29 is 4.43 Å². The van der Waals surface area contributed by atoms with Crippen molar-refractivity contribution in [1.29, 1.82) is 0 Å². The van der Waals surface area contributed by atoms with E-state index in [1.165, 1.54) is 12.8 Å². The maximum atomic E-state index is 6.15. The lowest BCUT2D eigenvalue weighted by Gasteiger charge is -2.58. The predicted octanol–water partition coefficient (Wildman–Crippen LogP) is 4.34. The molecule has 1 nitrogen and oxygen atoms in total. The number of rotatable bonds is 3. The minimum Gasteiger partial charge on any atom is -0.547 e. The van der Waals surface area contributed by atoms with Crippen LogP contribution in [-0.4, -0.2) is 8.32 Å². The fraction of sp³-hybridized carbons (Fsp3) is 0.714. The Labute approximate surface area is 101 Å². The molecule has 3 rings (SSSR count). The molecule has 3 atom stereocenters. The predicted molar refractivity (Wildman–Crippen MR) is 71.6 cm³/mol. The molecule has 16 heavy (non-hydrogen) atoms. The van der Waals surface area contributed by atoms with Crippen LogP contribution in [0.1, 0.15) is 26.7 Å². The Morgan fingerprint density at radius 3 is 2.56 bits per heavy atom. The van der Waals surface area contributed by atoms with Crippen molar-refractivity contribution in [3.8, 4) is 0 Å². The van der Waals surface area contributed by atoms with E-state index in [2.05, 4.69) is 46.1 Å². The van der Waals surface area contributed by atoms with Gasteiger partial charge in [0.2, 0.25) is 8.32 Å². The summed E-state index contributed by atoms with van der Waals surface area (Å²) in [6.45, 7) is 15.6. The zero-order valence-corrected chi connectivity index (χ0v) is 12.3. The van der Waals surface area contributed by atoms with Crippen LogP contribution in [0.2, 0.25) is 19.6 Å². The molecule has 90 valence electrons. The van der Waals surface area contributed by atoms with E-state index in [1.807, 2.05) is 0 Å². The van der Waals surface area contributed by atoms with Gasteiger partial charge in [-0.25, -0.2) is 0 Å². The second kappa shape index (κ2) is 3.49. The minimum absolute atomic E-state index is 0.221. The quantitative estimate of drug-likeness (QED) is 0.402. The van der Waals surface area contributed by atoms with Gasteiger partial charge < -0.3 is 4.43 Å². The number of allylic oxidation sites excluding steroid dienone is 3. The van der Waals surface area contributed by atoms with E-state index in [0.29, 0.717) is 5.92 Å². The highest BCUT2D eigenvalue weighted by atomic mass is 28.4. The molecule has 3 aliphatic rings. The lowest BCUT2D eigenvalue weighted by atomic mass is 9.47. The number of fused-ring (bicyclic) bond motifs is 1. The van der Waals surface area contributed by atoms with E-state index in [-0.39, 0.29) is 5.41 Å². The molecule has 0 aromatic heterocycles. The van der Waals surface area contributed by atoms with Crippen LogP contribution in [0.15, 0.2) is 24.0 Å². The summed E-state index contributed by atoms with van der Waals surface area (Å²) < 4.78 is 6.15. The Hall–Kier alpha value is -0.503. The Balaban J connectivity index is 2.16. The van der Waals surface area contributed by atoms with E-state index < -0.39 is 8.32 Å². The second-order valence-corrected chi connectivity index (χ2v) is 11.0. The van der Waals surface area contributed by atoms with Gasteiger partial charge in [-0.3, -0.25) is 0 Å². The molecule has 2 bridgehead atoms. The molecule has 0 radical (unpaired) electrons. The van der Waals surface area contributed by atoms with Gasteiger partial charge in [0.05, 0.1) is 5.76 Å². The zero-order valence-electron chi connectivity index (χ0n) is 11.3. The molecule has 0 aliphatic heterocycles. The van der Waals surface area contributed by atoms with Gasteiger partial charge in [0.1, 0.15) is 0 Å². The van der Waals surface area contributed by atoms with E-state index in [1.54, 1.807) is 5.57 Å². The largest absolute Gasteiger partial charge is 0.547 e. The van der Waals surface area contributed by atoms with Crippen molar-refractivity contribution in [2.45, 2.75) is 46.3 Å².